The molecule has 1 aliphatic heterocycles. The van der Waals surface area contributed by atoms with E-state index in [1.54, 1.807) is 0 Å². The summed E-state index contributed by atoms with van der Waals surface area (Å²) in [5.74, 6) is 1.42. The lowest BCUT2D eigenvalue weighted by molar-refractivity contribution is -0.135. The number of hydrogen-bond acceptors (Lipinski definition) is 3. The van der Waals surface area contributed by atoms with E-state index in [-0.39, 0.29) is 11.0 Å². The van der Waals surface area contributed by atoms with Gasteiger partial charge in [0.05, 0.1) is 6.42 Å². The summed E-state index contributed by atoms with van der Waals surface area (Å²) in [6, 6.07) is 5.76. The zero-order valence-corrected chi connectivity index (χ0v) is 13.4. The number of aryl methyl sites for hydroxylation is 1. The summed E-state index contributed by atoms with van der Waals surface area (Å²) >= 11 is 0. The first-order valence-corrected chi connectivity index (χ1v) is 9.62. The monoisotopic (exact) mass is 278 g/mol. The highest BCUT2D eigenvalue weighted by Gasteiger charge is 2.39. The summed E-state index contributed by atoms with van der Waals surface area (Å²) < 4.78 is 11.5. The predicted molar refractivity (Wildman–Crippen MR) is 78.2 cm³/mol. The van der Waals surface area contributed by atoms with Gasteiger partial charge in [0, 0.05) is 0 Å². The molecule has 1 heterocycles. The summed E-state index contributed by atoms with van der Waals surface area (Å²) in [7, 11) is -1.81. The molecule has 2 rings (SSSR count). The zero-order valence-electron chi connectivity index (χ0n) is 12.4. The molecule has 104 valence electrons. The van der Waals surface area contributed by atoms with Gasteiger partial charge in [0.15, 0.2) is 0 Å². The molecule has 0 bridgehead atoms. The van der Waals surface area contributed by atoms with Gasteiger partial charge < -0.3 is 9.16 Å². The van der Waals surface area contributed by atoms with Crippen LogP contribution in [0.4, 0.5) is 0 Å². The van der Waals surface area contributed by atoms with Crippen molar-refractivity contribution in [2.45, 2.75) is 51.7 Å². The van der Waals surface area contributed by atoms with E-state index in [0.29, 0.717) is 12.2 Å². The predicted octanol–water partition coefficient (Wildman–Crippen LogP) is 3.92. The molecule has 1 aromatic rings. The number of carbonyl (C=O) groups is 1. The molecular weight excluding hydrogens is 256 g/mol. The minimum atomic E-state index is -1.81. The Morgan fingerprint density at radius 2 is 1.89 bits per heavy atom. The van der Waals surface area contributed by atoms with Crippen LogP contribution in [0.25, 0.3) is 0 Å². The van der Waals surface area contributed by atoms with E-state index in [1.807, 2.05) is 18.2 Å². The largest absolute Gasteiger partial charge is 0.543 e. The third kappa shape index (κ3) is 3.00. The van der Waals surface area contributed by atoms with Crippen molar-refractivity contribution in [3.63, 3.8) is 0 Å². The Morgan fingerprint density at radius 3 is 2.53 bits per heavy atom. The van der Waals surface area contributed by atoms with Crippen molar-refractivity contribution in [1.82, 2.24) is 0 Å². The summed E-state index contributed by atoms with van der Waals surface area (Å²) in [4.78, 5) is 11.2. The van der Waals surface area contributed by atoms with Gasteiger partial charge in [0.1, 0.15) is 11.5 Å². The van der Waals surface area contributed by atoms with Crippen molar-refractivity contribution in [1.29, 1.82) is 0 Å². The van der Waals surface area contributed by atoms with Crippen LogP contribution in [-0.4, -0.2) is 14.3 Å². The van der Waals surface area contributed by atoms with Crippen LogP contribution in [0.15, 0.2) is 18.2 Å². The number of fused-ring (bicyclic) bond motifs is 1. The maximum atomic E-state index is 11.2. The Hall–Kier alpha value is -1.29. The van der Waals surface area contributed by atoms with Gasteiger partial charge in [-0.05, 0) is 48.3 Å². The molecule has 0 aromatic heterocycles. The average Bonchev–Trinajstić information content (AvgIpc) is 2.27. The normalized spacial score (nSPS) is 15.7. The first kappa shape index (κ1) is 14.1. The Kier molecular flexibility index (Phi) is 3.47. The standard InChI is InChI=1S/C15H22O3Si/c1-15(2,3)19(4,5)18-12-7-8-13-11(10-12)6-9-14(16)17-13/h7-8,10H,6,9H2,1-5H3. The fourth-order valence-corrected chi connectivity index (χ4v) is 2.79. The van der Waals surface area contributed by atoms with Crippen molar-refractivity contribution in [3.05, 3.63) is 23.8 Å². The van der Waals surface area contributed by atoms with Crippen LogP contribution < -0.4 is 9.16 Å². The molecule has 0 atom stereocenters. The van der Waals surface area contributed by atoms with Crippen molar-refractivity contribution in [2.75, 3.05) is 0 Å². The molecule has 3 nitrogen and oxygen atoms in total. The fraction of sp³-hybridized carbons (Fsp3) is 0.533. The molecule has 0 N–H and O–H groups in total. The highest BCUT2D eigenvalue weighted by Crippen LogP contribution is 2.38. The Balaban J connectivity index is 2.22. The first-order chi connectivity index (χ1) is 8.69. The second-order valence-corrected chi connectivity index (χ2v) is 11.3. The maximum Gasteiger partial charge on any atom is 0.311 e. The lowest BCUT2D eigenvalue weighted by Gasteiger charge is -2.36. The van der Waals surface area contributed by atoms with Crippen LogP contribution in [0.2, 0.25) is 18.1 Å². The molecular formula is C15H22O3Si. The van der Waals surface area contributed by atoms with E-state index in [2.05, 4.69) is 33.9 Å². The van der Waals surface area contributed by atoms with Gasteiger partial charge >= 0.3 is 5.97 Å². The van der Waals surface area contributed by atoms with Crippen LogP contribution in [0.5, 0.6) is 11.5 Å². The number of ether oxygens (including phenoxy) is 1. The van der Waals surface area contributed by atoms with Gasteiger partial charge in [-0.1, -0.05) is 20.8 Å². The molecule has 0 unspecified atom stereocenters. The molecule has 0 fully saturated rings. The molecule has 0 amide bonds. The van der Waals surface area contributed by atoms with Gasteiger partial charge in [-0.2, -0.15) is 0 Å². The SMILES string of the molecule is CC(C)(C)[Si](C)(C)Oc1ccc2c(c1)CCC(=O)O2. The number of benzene rings is 1. The van der Waals surface area contributed by atoms with E-state index in [4.69, 9.17) is 9.16 Å². The van der Waals surface area contributed by atoms with Gasteiger partial charge in [0.25, 0.3) is 0 Å². The Bertz CT molecular complexity index is 501. The Morgan fingerprint density at radius 1 is 1.21 bits per heavy atom. The molecule has 0 radical (unpaired) electrons. The van der Waals surface area contributed by atoms with Gasteiger partial charge in [-0.3, -0.25) is 4.79 Å². The zero-order chi connectivity index (χ0) is 14.3. The van der Waals surface area contributed by atoms with Crippen LogP contribution in [-0.2, 0) is 11.2 Å². The van der Waals surface area contributed by atoms with Crippen LogP contribution in [0.1, 0.15) is 32.8 Å². The smallest absolute Gasteiger partial charge is 0.311 e. The van der Waals surface area contributed by atoms with Gasteiger partial charge in [0.2, 0.25) is 8.32 Å². The van der Waals surface area contributed by atoms with Crippen molar-refractivity contribution < 1.29 is 14.0 Å². The average molecular weight is 278 g/mol. The van der Waals surface area contributed by atoms with E-state index in [0.717, 1.165) is 17.7 Å². The third-order valence-corrected chi connectivity index (χ3v) is 8.39. The third-order valence-electron chi connectivity index (χ3n) is 4.03. The van der Waals surface area contributed by atoms with Gasteiger partial charge in [-0.25, -0.2) is 0 Å². The highest BCUT2D eigenvalue weighted by atomic mass is 28.4. The lowest BCUT2D eigenvalue weighted by atomic mass is 10.1. The molecule has 0 spiro atoms. The number of hydrogen-bond donors (Lipinski definition) is 0. The first-order valence-electron chi connectivity index (χ1n) is 6.72. The molecule has 0 aliphatic carbocycles. The summed E-state index contributed by atoms with van der Waals surface area (Å²) in [5, 5.41) is 0.176. The van der Waals surface area contributed by atoms with E-state index in [9.17, 15) is 4.79 Å². The summed E-state index contributed by atoms with van der Waals surface area (Å²) in [6.07, 6.45) is 1.19. The van der Waals surface area contributed by atoms with E-state index in [1.165, 1.54) is 0 Å². The Labute approximate surface area is 116 Å². The van der Waals surface area contributed by atoms with Crippen LogP contribution in [0, 0.1) is 0 Å². The minimum Gasteiger partial charge on any atom is -0.543 e. The van der Waals surface area contributed by atoms with E-state index >= 15 is 0 Å². The minimum absolute atomic E-state index is 0.148. The molecule has 0 saturated carbocycles. The number of rotatable bonds is 2. The topological polar surface area (TPSA) is 35.5 Å². The molecule has 1 aromatic carbocycles. The highest BCUT2D eigenvalue weighted by molar-refractivity contribution is 6.74. The fourth-order valence-electron chi connectivity index (χ4n) is 1.77. The molecule has 1 aliphatic rings. The van der Waals surface area contributed by atoms with Crippen molar-refractivity contribution >= 4 is 14.3 Å². The number of carbonyl (C=O) groups excluding carboxylic acids is 1. The van der Waals surface area contributed by atoms with Crippen LogP contribution in [0.3, 0.4) is 0 Å². The second-order valence-electron chi connectivity index (χ2n) is 6.61. The quantitative estimate of drug-likeness (QED) is 0.467. The molecule has 0 saturated heterocycles. The van der Waals surface area contributed by atoms with Crippen molar-refractivity contribution in [2.24, 2.45) is 0 Å². The second kappa shape index (κ2) is 4.67. The lowest BCUT2D eigenvalue weighted by Crippen LogP contribution is -2.43. The molecule has 19 heavy (non-hydrogen) atoms. The van der Waals surface area contributed by atoms with E-state index < -0.39 is 8.32 Å². The van der Waals surface area contributed by atoms with Gasteiger partial charge in [-0.15, -0.1) is 0 Å². The summed E-state index contributed by atoms with van der Waals surface area (Å²) in [6.45, 7) is 11.1. The molecule has 4 heteroatoms. The summed E-state index contributed by atoms with van der Waals surface area (Å²) in [5.41, 5.74) is 1.07. The van der Waals surface area contributed by atoms with Crippen molar-refractivity contribution in [3.8, 4) is 11.5 Å². The number of esters is 1. The van der Waals surface area contributed by atoms with Crippen LogP contribution >= 0.6 is 0 Å². The maximum absolute atomic E-state index is 11.2.